The van der Waals surface area contributed by atoms with Crippen LogP contribution in [0, 0.1) is 6.92 Å². The molecule has 0 amide bonds. The molecular weight excluding hydrogens is 226 g/mol. The van der Waals surface area contributed by atoms with E-state index in [0.717, 1.165) is 23.6 Å². The van der Waals surface area contributed by atoms with Crippen molar-refractivity contribution in [3.05, 3.63) is 23.3 Å². The normalized spacial score (nSPS) is 23.8. The fourth-order valence-electron chi connectivity index (χ4n) is 2.66. The van der Waals surface area contributed by atoms with Gasteiger partial charge in [-0.05, 0) is 44.4 Å². The molecule has 1 N–H and O–H groups in total. The topological polar surface area (TPSA) is 30.5 Å². The molecule has 2 rings (SSSR count). The summed E-state index contributed by atoms with van der Waals surface area (Å²) in [7, 11) is 3.46. The molecular formula is C15H23NO2. The number of piperidine rings is 1. The van der Waals surface area contributed by atoms with E-state index in [1.807, 2.05) is 6.92 Å². The summed E-state index contributed by atoms with van der Waals surface area (Å²) >= 11 is 0. The zero-order valence-corrected chi connectivity index (χ0v) is 11.7. The van der Waals surface area contributed by atoms with E-state index in [1.165, 1.54) is 18.4 Å². The number of aryl methyl sites for hydroxylation is 1. The minimum atomic E-state index is 0.519. The lowest BCUT2D eigenvalue weighted by molar-refractivity contribution is 0.360. The van der Waals surface area contributed by atoms with Crippen molar-refractivity contribution in [1.29, 1.82) is 0 Å². The first-order valence-corrected chi connectivity index (χ1v) is 6.61. The highest BCUT2D eigenvalue weighted by molar-refractivity contribution is 5.47. The number of hydrogen-bond donors (Lipinski definition) is 1. The third kappa shape index (κ3) is 2.61. The van der Waals surface area contributed by atoms with Crippen LogP contribution in [-0.4, -0.2) is 26.8 Å². The van der Waals surface area contributed by atoms with Crippen molar-refractivity contribution in [1.82, 2.24) is 5.32 Å². The Balaban J connectivity index is 2.30. The van der Waals surface area contributed by atoms with Gasteiger partial charge >= 0.3 is 0 Å². The Morgan fingerprint density at radius 2 is 1.83 bits per heavy atom. The van der Waals surface area contributed by atoms with Gasteiger partial charge in [0, 0.05) is 24.1 Å². The maximum absolute atomic E-state index is 5.52. The number of benzene rings is 1. The number of hydrogen-bond acceptors (Lipinski definition) is 3. The largest absolute Gasteiger partial charge is 0.496 e. The molecule has 1 fully saturated rings. The van der Waals surface area contributed by atoms with Crippen LogP contribution in [0.3, 0.4) is 0 Å². The van der Waals surface area contributed by atoms with Gasteiger partial charge in [0.15, 0.2) is 0 Å². The maximum Gasteiger partial charge on any atom is 0.122 e. The summed E-state index contributed by atoms with van der Waals surface area (Å²) in [5.41, 5.74) is 2.38. The Bertz CT molecular complexity index is 409. The van der Waals surface area contributed by atoms with E-state index in [0.29, 0.717) is 12.0 Å². The first kappa shape index (κ1) is 13.2. The lowest BCUT2D eigenvalue weighted by Gasteiger charge is -2.29. The lowest BCUT2D eigenvalue weighted by atomic mass is 9.88. The van der Waals surface area contributed by atoms with Gasteiger partial charge in [0.05, 0.1) is 14.2 Å². The molecule has 1 heterocycles. The Morgan fingerprint density at radius 1 is 1.11 bits per heavy atom. The van der Waals surface area contributed by atoms with Crippen LogP contribution >= 0.6 is 0 Å². The molecule has 1 aliphatic rings. The zero-order valence-electron chi connectivity index (χ0n) is 11.7. The summed E-state index contributed by atoms with van der Waals surface area (Å²) in [6, 6.07) is 4.84. The van der Waals surface area contributed by atoms with E-state index < -0.39 is 0 Å². The minimum absolute atomic E-state index is 0.519. The monoisotopic (exact) mass is 249 g/mol. The molecule has 0 aliphatic carbocycles. The summed E-state index contributed by atoms with van der Waals surface area (Å²) in [4.78, 5) is 0. The van der Waals surface area contributed by atoms with Gasteiger partial charge in [-0.1, -0.05) is 0 Å². The van der Waals surface area contributed by atoms with E-state index in [2.05, 4.69) is 24.4 Å². The fraction of sp³-hybridized carbons (Fsp3) is 0.600. The summed E-state index contributed by atoms with van der Waals surface area (Å²) in [6.45, 7) is 5.30. The third-order valence-electron chi connectivity index (χ3n) is 3.85. The fourth-order valence-corrected chi connectivity index (χ4v) is 2.66. The van der Waals surface area contributed by atoms with Crippen molar-refractivity contribution in [3.63, 3.8) is 0 Å². The number of methoxy groups -OCH3 is 2. The number of ether oxygens (including phenoxy) is 2. The summed E-state index contributed by atoms with van der Waals surface area (Å²) in [6.07, 6.45) is 2.42. The maximum atomic E-state index is 5.52. The van der Waals surface area contributed by atoms with Crippen molar-refractivity contribution in [2.24, 2.45) is 0 Å². The Morgan fingerprint density at radius 3 is 2.39 bits per heavy atom. The SMILES string of the molecule is COc1cc([C@@H]2CC[C@H](C)NC2)c(OC)cc1C. The van der Waals surface area contributed by atoms with Crippen molar-refractivity contribution < 1.29 is 9.47 Å². The van der Waals surface area contributed by atoms with E-state index >= 15 is 0 Å². The molecule has 0 saturated carbocycles. The molecule has 100 valence electrons. The highest BCUT2D eigenvalue weighted by atomic mass is 16.5. The van der Waals surface area contributed by atoms with Crippen molar-refractivity contribution in [2.75, 3.05) is 20.8 Å². The summed E-state index contributed by atoms with van der Waals surface area (Å²) in [5, 5.41) is 3.54. The van der Waals surface area contributed by atoms with E-state index in [-0.39, 0.29) is 0 Å². The average Bonchev–Trinajstić information content (AvgIpc) is 2.39. The van der Waals surface area contributed by atoms with Gasteiger partial charge in [0.2, 0.25) is 0 Å². The highest BCUT2D eigenvalue weighted by Crippen LogP contribution is 2.36. The quantitative estimate of drug-likeness (QED) is 0.893. The van der Waals surface area contributed by atoms with Crippen molar-refractivity contribution >= 4 is 0 Å². The lowest BCUT2D eigenvalue weighted by Crippen LogP contribution is -2.35. The van der Waals surface area contributed by atoms with Gasteiger partial charge in [0.25, 0.3) is 0 Å². The van der Waals surface area contributed by atoms with Crippen LogP contribution in [-0.2, 0) is 0 Å². The second kappa shape index (κ2) is 5.61. The third-order valence-corrected chi connectivity index (χ3v) is 3.85. The van der Waals surface area contributed by atoms with Gasteiger partial charge in [0.1, 0.15) is 11.5 Å². The van der Waals surface area contributed by atoms with Gasteiger partial charge in [-0.2, -0.15) is 0 Å². The molecule has 2 atom stereocenters. The zero-order chi connectivity index (χ0) is 13.1. The Labute approximate surface area is 109 Å². The van der Waals surface area contributed by atoms with Gasteiger partial charge < -0.3 is 14.8 Å². The molecule has 3 heteroatoms. The van der Waals surface area contributed by atoms with Gasteiger partial charge in [-0.15, -0.1) is 0 Å². The van der Waals surface area contributed by atoms with Crippen LogP contribution in [0.5, 0.6) is 11.5 Å². The van der Waals surface area contributed by atoms with Crippen LogP contribution in [0.25, 0.3) is 0 Å². The van der Waals surface area contributed by atoms with Crippen LogP contribution in [0.1, 0.15) is 36.8 Å². The molecule has 0 spiro atoms. The molecule has 18 heavy (non-hydrogen) atoms. The van der Waals surface area contributed by atoms with Crippen molar-refractivity contribution in [3.8, 4) is 11.5 Å². The molecule has 0 aromatic heterocycles. The predicted molar refractivity (Wildman–Crippen MR) is 73.7 cm³/mol. The number of nitrogens with one attached hydrogen (secondary N) is 1. The molecule has 0 unspecified atom stereocenters. The van der Waals surface area contributed by atoms with E-state index in [9.17, 15) is 0 Å². The van der Waals surface area contributed by atoms with Crippen LogP contribution < -0.4 is 14.8 Å². The Kier molecular flexibility index (Phi) is 4.12. The standard InChI is InChI=1S/C15H23NO2/c1-10-7-15(18-4)13(8-14(10)17-3)12-6-5-11(2)16-9-12/h7-8,11-12,16H,5-6,9H2,1-4H3/t11-,12+/m0/s1. The first-order valence-electron chi connectivity index (χ1n) is 6.61. The molecule has 0 bridgehead atoms. The predicted octanol–water partition coefficient (Wildman–Crippen LogP) is 2.87. The first-order chi connectivity index (χ1) is 8.65. The smallest absolute Gasteiger partial charge is 0.122 e. The summed E-state index contributed by atoms with van der Waals surface area (Å²) in [5.74, 6) is 2.45. The summed E-state index contributed by atoms with van der Waals surface area (Å²) < 4.78 is 10.9. The molecule has 1 aromatic rings. The van der Waals surface area contributed by atoms with Gasteiger partial charge in [-0.3, -0.25) is 0 Å². The molecule has 1 saturated heterocycles. The Hall–Kier alpha value is -1.22. The second-order valence-electron chi connectivity index (χ2n) is 5.15. The average molecular weight is 249 g/mol. The van der Waals surface area contributed by atoms with Crippen LogP contribution in [0.2, 0.25) is 0 Å². The molecule has 3 nitrogen and oxygen atoms in total. The van der Waals surface area contributed by atoms with Crippen molar-refractivity contribution in [2.45, 2.75) is 38.6 Å². The van der Waals surface area contributed by atoms with Crippen LogP contribution in [0.15, 0.2) is 12.1 Å². The molecule has 1 aliphatic heterocycles. The van der Waals surface area contributed by atoms with E-state index in [1.54, 1.807) is 14.2 Å². The number of rotatable bonds is 3. The minimum Gasteiger partial charge on any atom is -0.496 e. The van der Waals surface area contributed by atoms with Gasteiger partial charge in [-0.25, -0.2) is 0 Å². The molecule has 0 radical (unpaired) electrons. The van der Waals surface area contributed by atoms with E-state index in [4.69, 9.17) is 9.47 Å². The van der Waals surface area contributed by atoms with Crippen LogP contribution in [0.4, 0.5) is 0 Å². The molecule has 1 aromatic carbocycles. The second-order valence-corrected chi connectivity index (χ2v) is 5.15. The highest BCUT2D eigenvalue weighted by Gasteiger charge is 2.23.